The third kappa shape index (κ3) is 4.63. The van der Waals surface area contributed by atoms with E-state index in [0.717, 1.165) is 36.6 Å². The Hall–Kier alpha value is -2.28. The summed E-state index contributed by atoms with van der Waals surface area (Å²) in [5.41, 5.74) is 0.998. The first-order chi connectivity index (χ1) is 12.1. The van der Waals surface area contributed by atoms with E-state index in [1.807, 2.05) is 6.92 Å². The Labute approximate surface area is 146 Å². The van der Waals surface area contributed by atoms with Crippen LogP contribution in [0.5, 0.6) is 0 Å². The van der Waals surface area contributed by atoms with Crippen molar-refractivity contribution in [2.75, 3.05) is 6.54 Å². The van der Waals surface area contributed by atoms with Crippen molar-refractivity contribution < 1.29 is 9.18 Å². The Kier molecular flexibility index (Phi) is 5.75. The van der Waals surface area contributed by atoms with Crippen molar-refractivity contribution in [2.45, 2.75) is 51.7 Å². The Morgan fingerprint density at radius 2 is 2.08 bits per heavy atom. The Balaban J connectivity index is 1.41. The highest BCUT2D eigenvalue weighted by molar-refractivity contribution is 5.81. The number of benzene rings is 1. The molecule has 0 fully saturated rings. The molecule has 0 unspecified atom stereocenters. The second kappa shape index (κ2) is 8.20. The molecule has 0 saturated heterocycles. The van der Waals surface area contributed by atoms with E-state index in [0.29, 0.717) is 19.5 Å². The lowest BCUT2D eigenvalue weighted by Gasteiger charge is -2.17. The van der Waals surface area contributed by atoms with Crippen LogP contribution in [0.4, 0.5) is 4.39 Å². The summed E-state index contributed by atoms with van der Waals surface area (Å²) in [5.74, 6) is 1.63. The molecule has 1 aliphatic rings. The summed E-state index contributed by atoms with van der Waals surface area (Å²) in [6, 6.07) is 6.01. The molecular weight excluding hydrogens is 321 g/mol. The molecule has 1 aliphatic heterocycles. The van der Waals surface area contributed by atoms with Crippen LogP contribution in [0.1, 0.15) is 37.0 Å². The molecule has 0 aliphatic carbocycles. The largest absolute Gasteiger partial charge is 0.354 e. The van der Waals surface area contributed by atoms with Crippen molar-refractivity contribution in [3.63, 3.8) is 0 Å². The number of nitrogens with zero attached hydrogens (tertiary/aromatic N) is 3. The third-order valence-electron chi connectivity index (χ3n) is 4.52. The molecule has 0 bridgehead atoms. The quantitative estimate of drug-likeness (QED) is 0.799. The summed E-state index contributed by atoms with van der Waals surface area (Å²) >= 11 is 0. The third-order valence-corrected chi connectivity index (χ3v) is 4.52. The molecule has 0 radical (unpaired) electrons. The van der Waals surface area contributed by atoms with E-state index >= 15 is 0 Å². The molecule has 1 aromatic heterocycles. The van der Waals surface area contributed by atoms with E-state index in [4.69, 9.17) is 0 Å². The first kappa shape index (κ1) is 17.5. The molecule has 2 aromatic rings. The zero-order valence-electron chi connectivity index (χ0n) is 14.5. The van der Waals surface area contributed by atoms with Crippen LogP contribution in [0.2, 0.25) is 0 Å². The standard InChI is InChI=1S/C18H24FN5O/c1-13(18(25)20-10-9-14-5-7-15(19)8-6-14)21-12-17-23-22-16-4-2-3-11-24(16)17/h5-8,13,21H,2-4,9-12H2,1H3,(H,20,25)/t13-/m0/s1. The molecule has 3 rings (SSSR count). The van der Waals surface area contributed by atoms with Gasteiger partial charge in [0.05, 0.1) is 12.6 Å². The van der Waals surface area contributed by atoms with Gasteiger partial charge in [0.15, 0.2) is 0 Å². The summed E-state index contributed by atoms with van der Waals surface area (Å²) in [5, 5.41) is 14.5. The van der Waals surface area contributed by atoms with Crippen LogP contribution in [0.3, 0.4) is 0 Å². The molecule has 1 aromatic carbocycles. The summed E-state index contributed by atoms with van der Waals surface area (Å²) in [4.78, 5) is 12.2. The second-order valence-corrected chi connectivity index (χ2v) is 6.41. The van der Waals surface area contributed by atoms with Gasteiger partial charge in [0.2, 0.25) is 5.91 Å². The van der Waals surface area contributed by atoms with Gasteiger partial charge in [-0.05, 0) is 43.9 Å². The SMILES string of the molecule is C[C@H](NCc1nnc2n1CCCC2)C(=O)NCCc1ccc(F)cc1. The minimum atomic E-state index is -0.315. The number of amides is 1. The first-order valence-electron chi connectivity index (χ1n) is 8.80. The predicted octanol–water partition coefficient (Wildman–Crippen LogP) is 1.59. The number of carbonyl (C=O) groups excluding carboxylic acids is 1. The van der Waals surface area contributed by atoms with Crippen LogP contribution in [0.15, 0.2) is 24.3 Å². The van der Waals surface area contributed by atoms with Gasteiger partial charge in [0.1, 0.15) is 17.5 Å². The summed E-state index contributed by atoms with van der Waals surface area (Å²) < 4.78 is 15.0. The maximum atomic E-state index is 12.9. The van der Waals surface area contributed by atoms with E-state index in [2.05, 4.69) is 25.4 Å². The van der Waals surface area contributed by atoms with E-state index in [1.165, 1.54) is 18.6 Å². The van der Waals surface area contributed by atoms with Crippen LogP contribution in [-0.2, 0) is 30.7 Å². The number of fused-ring (bicyclic) bond motifs is 1. The smallest absolute Gasteiger partial charge is 0.236 e. The summed E-state index contributed by atoms with van der Waals surface area (Å²) in [7, 11) is 0. The minimum Gasteiger partial charge on any atom is -0.354 e. The highest BCUT2D eigenvalue weighted by atomic mass is 19.1. The molecule has 25 heavy (non-hydrogen) atoms. The van der Waals surface area contributed by atoms with Gasteiger partial charge in [0.25, 0.3) is 0 Å². The van der Waals surface area contributed by atoms with E-state index < -0.39 is 0 Å². The average molecular weight is 345 g/mol. The second-order valence-electron chi connectivity index (χ2n) is 6.41. The minimum absolute atomic E-state index is 0.0551. The van der Waals surface area contributed by atoms with Gasteiger partial charge in [-0.2, -0.15) is 0 Å². The number of nitrogens with one attached hydrogen (secondary N) is 2. The van der Waals surface area contributed by atoms with Crippen molar-refractivity contribution in [2.24, 2.45) is 0 Å². The molecule has 2 N–H and O–H groups in total. The van der Waals surface area contributed by atoms with Crippen molar-refractivity contribution in [1.82, 2.24) is 25.4 Å². The van der Waals surface area contributed by atoms with E-state index in [9.17, 15) is 9.18 Å². The first-order valence-corrected chi connectivity index (χ1v) is 8.80. The number of hydrogen-bond donors (Lipinski definition) is 2. The number of hydrogen-bond acceptors (Lipinski definition) is 4. The van der Waals surface area contributed by atoms with Crippen molar-refractivity contribution in [3.05, 3.63) is 47.3 Å². The topological polar surface area (TPSA) is 71.8 Å². The van der Waals surface area contributed by atoms with E-state index in [-0.39, 0.29) is 17.8 Å². The summed E-state index contributed by atoms with van der Waals surface area (Å²) in [6.45, 7) is 3.84. The molecule has 0 spiro atoms. The lowest BCUT2D eigenvalue weighted by atomic mass is 10.1. The van der Waals surface area contributed by atoms with Gasteiger partial charge in [-0.3, -0.25) is 10.1 Å². The Bertz CT molecular complexity index is 713. The van der Waals surface area contributed by atoms with Gasteiger partial charge in [-0.15, -0.1) is 10.2 Å². The zero-order valence-corrected chi connectivity index (χ0v) is 14.5. The van der Waals surface area contributed by atoms with Crippen LogP contribution >= 0.6 is 0 Å². The molecule has 1 amide bonds. The molecule has 1 atom stereocenters. The number of halogens is 1. The van der Waals surface area contributed by atoms with Gasteiger partial charge in [0, 0.05) is 19.5 Å². The number of rotatable bonds is 7. The fourth-order valence-electron chi connectivity index (χ4n) is 2.97. The number of carbonyl (C=O) groups is 1. The van der Waals surface area contributed by atoms with Gasteiger partial charge in [-0.25, -0.2) is 4.39 Å². The van der Waals surface area contributed by atoms with Gasteiger partial charge < -0.3 is 9.88 Å². The van der Waals surface area contributed by atoms with Crippen LogP contribution < -0.4 is 10.6 Å². The Morgan fingerprint density at radius 3 is 2.88 bits per heavy atom. The molecule has 6 nitrogen and oxygen atoms in total. The van der Waals surface area contributed by atoms with Crippen LogP contribution in [-0.4, -0.2) is 33.3 Å². The molecule has 2 heterocycles. The highest BCUT2D eigenvalue weighted by Crippen LogP contribution is 2.14. The van der Waals surface area contributed by atoms with E-state index in [1.54, 1.807) is 12.1 Å². The fraction of sp³-hybridized carbons (Fsp3) is 0.500. The monoisotopic (exact) mass is 345 g/mol. The van der Waals surface area contributed by atoms with Crippen LogP contribution in [0.25, 0.3) is 0 Å². The maximum Gasteiger partial charge on any atom is 0.236 e. The normalized spacial score (nSPS) is 14.8. The Morgan fingerprint density at radius 1 is 1.28 bits per heavy atom. The van der Waals surface area contributed by atoms with Gasteiger partial charge >= 0.3 is 0 Å². The molecule has 134 valence electrons. The molecular formula is C18H24FN5O. The van der Waals surface area contributed by atoms with Crippen molar-refractivity contribution >= 4 is 5.91 Å². The van der Waals surface area contributed by atoms with Gasteiger partial charge in [-0.1, -0.05) is 12.1 Å². The lowest BCUT2D eigenvalue weighted by Crippen LogP contribution is -2.42. The predicted molar refractivity (Wildman–Crippen MR) is 92.4 cm³/mol. The number of aromatic nitrogens is 3. The van der Waals surface area contributed by atoms with Crippen LogP contribution in [0, 0.1) is 5.82 Å². The molecule has 7 heteroatoms. The number of aryl methyl sites for hydroxylation is 1. The van der Waals surface area contributed by atoms with Crippen molar-refractivity contribution in [1.29, 1.82) is 0 Å². The van der Waals surface area contributed by atoms with Crippen molar-refractivity contribution in [3.8, 4) is 0 Å². The molecule has 0 saturated carbocycles. The maximum absolute atomic E-state index is 12.9. The highest BCUT2D eigenvalue weighted by Gasteiger charge is 2.17. The summed E-state index contributed by atoms with van der Waals surface area (Å²) in [6.07, 6.45) is 3.97. The fourth-order valence-corrected chi connectivity index (χ4v) is 2.97. The zero-order chi connectivity index (χ0) is 17.6. The lowest BCUT2D eigenvalue weighted by molar-refractivity contribution is -0.122. The average Bonchev–Trinajstić information content (AvgIpc) is 3.04.